The number of H-pyrrole nitrogens is 2. The van der Waals surface area contributed by atoms with Gasteiger partial charge in [0.2, 0.25) is 5.91 Å². The molecule has 0 saturated carbocycles. The lowest BCUT2D eigenvalue weighted by atomic mass is 10.1. The van der Waals surface area contributed by atoms with E-state index in [0.717, 1.165) is 50.2 Å². The fraction of sp³-hybridized carbons (Fsp3) is 0.154. The second-order valence-corrected chi connectivity index (χ2v) is 9.79. The number of thiophene rings is 1. The van der Waals surface area contributed by atoms with Gasteiger partial charge < -0.3 is 10.3 Å². The van der Waals surface area contributed by atoms with E-state index >= 15 is 0 Å². The van der Waals surface area contributed by atoms with Crippen molar-refractivity contribution < 1.29 is 4.79 Å². The van der Waals surface area contributed by atoms with Gasteiger partial charge in [-0.3, -0.25) is 24.8 Å². The number of nitrogens with one attached hydrogen (secondary N) is 3. The summed E-state index contributed by atoms with van der Waals surface area (Å²) in [5.74, 6) is 0.614. The fourth-order valence-electron chi connectivity index (χ4n) is 4.14. The van der Waals surface area contributed by atoms with Gasteiger partial charge in [0.25, 0.3) is 0 Å². The summed E-state index contributed by atoms with van der Waals surface area (Å²) in [6, 6.07) is 9.91. The number of carbonyl (C=O) groups excluding carboxylic acids is 1. The van der Waals surface area contributed by atoms with Gasteiger partial charge in [0, 0.05) is 34.6 Å². The second-order valence-electron chi connectivity index (χ2n) is 8.50. The molecule has 0 aliphatic carbocycles. The Morgan fingerprint density at radius 2 is 1.97 bits per heavy atom. The van der Waals surface area contributed by atoms with Crippen LogP contribution in [0.3, 0.4) is 0 Å². The van der Waals surface area contributed by atoms with E-state index in [0.29, 0.717) is 23.6 Å². The molecule has 0 unspecified atom stereocenters. The Morgan fingerprint density at radius 3 is 2.81 bits per heavy atom. The monoisotopic (exact) mass is 494 g/mol. The number of rotatable bonds is 6. The number of imidazole rings is 1. The van der Waals surface area contributed by atoms with E-state index in [1.54, 1.807) is 36.1 Å². The average molecular weight is 495 g/mol. The highest BCUT2D eigenvalue weighted by molar-refractivity contribution is 7.15. The molecule has 0 aromatic carbocycles. The van der Waals surface area contributed by atoms with Gasteiger partial charge in [-0.05, 0) is 43.7 Å². The molecule has 178 valence electrons. The number of aromatic amines is 2. The van der Waals surface area contributed by atoms with Crippen molar-refractivity contribution in [1.29, 1.82) is 0 Å². The smallest absolute Gasteiger partial charge is 0.224 e. The molecule has 0 fully saturated rings. The van der Waals surface area contributed by atoms with Crippen LogP contribution in [0, 0.1) is 6.92 Å². The summed E-state index contributed by atoms with van der Waals surface area (Å²) in [6.45, 7) is 4.05. The molecule has 0 saturated heterocycles. The number of pyridine rings is 3. The van der Waals surface area contributed by atoms with Gasteiger partial charge in [0.15, 0.2) is 5.82 Å². The van der Waals surface area contributed by atoms with Crippen LogP contribution in [0.2, 0.25) is 0 Å². The van der Waals surface area contributed by atoms with Crippen molar-refractivity contribution in [1.82, 2.24) is 35.1 Å². The van der Waals surface area contributed by atoms with Crippen molar-refractivity contribution in [3.63, 3.8) is 0 Å². The molecule has 0 radical (unpaired) electrons. The van der Waals surface area contributed by atoms with Crippen molar-refractivity contribution in [2.24, 2.45) is 0 Å². The highest BCUT2D eigenvalue weighted by Gasteiger charge is 2.17. The van der Waals surface area contributed by atoms with Crippen LogP contribution in [0.15, 0.2) is 55.1 Å². The van der Waals surface area contributed by atoms with E-state index in [9.17, 15) is 4.79 Å². The van der Waals surface area contributed by atoms with E-state index in [1.807, 2.05) is 25.1 Å². The number of hydrogen-bond donors (Lipinski definition) is 3. The second kappa shape index (κ2) is 8.97. The number of carbonyl (C=O) groups is 1. The predicted octanol–water partition coefficient (Wildman–Crippen LogP) is 5.73. The SMILES string of the molecule is CCCC(=O)Nc1cncc(-c2cc3c(-c4nc5c(-c6ccc(C)s6)nccc5[nH]4)n[nH]c3cn2)c1. The third-order valence-electron chi connectivity index (χ3n) is 5.84. The Balaban J connectivity index is 1.40. The standard InChI is InChI=1S/C26H22N8OS/c1-3-4-22(35)30-16-9-15(11-27-12-16)19-10-17-20(13-29-19)33-34-23(17)26-31-18-7-8-28-25(24(18)32-26)21-6-5-14(2)36-21/h5-13H,3-4H2,1-2H3,(H,30,35)(H,31,32)(H,33,34). The minimum atomic E-state index is -0.0339. The maximum absolute atomic E-state index is 12.0. The molecule has 0 aliphatic heterocycles. The molecular formula is C26H22N8OS. The van der Waals surface area contributed by atoms with Crippen LogP contribution >= 0.6 is 11.3 Å². The van der Waals surface area contributed by atoms with Gasteiger partial charge in [-0.15, -0.1) is 11.3 Å². The molecule has 6 aromatic heterocycles. The summed E-state index contributed by atoms with van der Waals surface area (Å²) in [6.07, 6.45) is 8.14. The first kappa shape index (κ1) is 22.1. The average Bonchev–Trinajstić information content (AvgIpc) is 3.61. The molecule has 6 heterocycles. The number of aromatic nitrogens is 7. The van der Waals surface area contributed by atoms with Crippen molar-refractivity contribution in [2.75, 3.05) is 5.32 Å². The zero-order chi connectivity index (χ0) is 24.6. The van der Waals surface area contributed by atoms with Gasteiger partial charge in [-0.1, -0.05) is 6.92 Å². The van der Waals surface area contributed by atoms with Crippen LogP contribution in [-0.4, -0.2) is 41.0 Å². The van der Waals surface area contributed by atoms with Gasteiger partial charge in [-0.2, -0.15) is 5.10 Å². The largest absolute Gasteiger partial charge is 0.336 e. The Kier molecular flexibility index (Phi) is 5.49. The first-order chi connectivity index (χ1) is 17.6. The lowest BCUT2D eigenvalue weighted by molar-refractivity contribution is -0.116. The van der Waals surface area contributed by atoms with Crippen LogP contribution in [0.25, 0.3) is 55.3 Å². The Bertz CT molecular complexity index is 1730. The molecule has 0 aliphatic rings. The van der Waals surface area contributed by atoms with E-state index in [-0.39, 0.29) is 5.91 Å². The van der Waals surface area contributed by atoms with Crippen molar-refractivity contribution in [3.8, 4) is 33.3 Å². The third-order valence-corrected chi connectivity index (χ3v) is 6.85. The number of aryl methyl sites for hydroxylation is 1. The predicted molar refractivity (Wildman–Crippen MR) is 142 cm³/mol. The molecule has 6 rings (SSSR count). The van der Waals surface area contributed by atoms with Crippen LogP contribution in [0.4, 0.5) is 5.69 Å². The summed E-state index contributed by atoms with van der Waals surface area (Å²) in [5, 5.41) is 11.3. The summed E-state index contributed by atoms with van der Waals surface area (Å²) in [4.78, 5) is 36.1. The maximum atomic E-state index is 12.0. The molecule has 0 spiro atoms. The highest BCUT2D eigenvalue weighted by Crippen LogP contribution is 2.34. The molecule has 1 amide bonds. The molecule has 3 N–H and O–H groups in total. The Labute approximate surface area is 210 Å². The van der Waals surface area contributed by atoms with Crippen molar-refractivity contribution in [2.45, 2.75) is 26.7 Å². The van der Waals surface area contributed by atoms with Crippen molar-refractivity contribution in [3.05, 3.63) is 60.0 Å². The van der Waals surface area contributed by atoms with E-state index in [2.05, 4.69) is 54.5 Å². The number of anilines is 1. The van der Waals surface area contributed by atoms with Crippen LogP contribution in [0.5, 0.6) is 0 Å². The number of fused-ring (bicyclic) bond motifs is 2. The van der Waals surface area contributed by atoms with E-state index in [4.69, 9.17) is 4.98 Å². The molecular weight excluding hydrogens is 472 g/mol. The molecule has 10 heteroatoms. The van der Waals surface area contributed by atoms with Crippen LogP contribution in [0.1, 0.15) is 24.6 Å². The van der Waals surface area contributed by atoms with Gasteiger partial charge in [0.05, 0.1) is 39.7 Å². The third kappa shape index (κ3) is 4.01. The summed E-state index contributed by atoms with van der Waals surface area (Å²) >= 11 is 1.69. The van der Waals surface area contributed by atoms with Gasteiger partial charge in [0.1, 0.15) is 16.9 Å². The summed E-state index contributed by atoms with van der Waals surface area (Å²) < 4.78 is 0. The number of amides is 1. The molecule has 36 heavy (non-hydrogen) atoms. The zero-order valence-electron chi connectivity index (χ0n) is 19.7. The first-order valence-electron chi connectivity index (χ1n) is 11.6. The Hall–Kier alpha value is -4.44. The molecule has 0 atom stereocenters. The lowest BCUT2D eigenvalue weighted by Crippen LogP contribution is -2.10. The van der Waals surface area contributed by atoms with E-state index in [1.165, 1.54) is 4.88 Å². The van der Waals surface area contributed by atoms with Crippen LogP contribution < -0.4 is 5.32 Å². The van der Waals surface area contributed by atoms with E-state index < -0.39 is 0 Å². The summed E-state index contributed by atoms with van der Waals surface area (Å²) in [7, 11) is 0. The quantitative estimate of drug-likeness (QED) is 0.271. The lowest BCUT2D eigenvalue weighted by Gasteiger charge is -2.06. The normalized spacial score (nSPS) is 11.4. The Morgan fingerprint density at radius 1 is 1.06 bits per heavy atom. The first-order valence-corrected chi connectivity index (χ1v) is 12.4. The molecule has 6 aromatic rings. The van der Waals surface area contributed by atoms with Gasteiger partial charge in [-0.25, -0.2) is 4.98 Å². The summed E-state index contributed by atoms with van der Waals surface area (Å²) in [5.41, 5.74) is 6.19. The maximum Gasteiger partial charge on any atom is 0.224 e. The van der Waals surface area contributed by atoms with Crippen LogP contribution in [-0.2, 0) is 4.79 Å². The fourth-order valence-corrected chi connectivity index (χ4v) is 5.01. The molecule has 0 bridgehead atoms. The highest BCUT2D eigenvalue weighted by atomic mass is 32.1. The number of hydrogen-bond acceptors (Lipinski definition) is 7. The zero-order valence-corrected chi connectivity index (χ0v) is 20.5. The van der Waals surface area contributed by atoms with Gasteiger partial charge >= 0.3 is 0 Å². The topological polar surface area (TPSA) is 125 Å². The molecule has 9 nitrogen and oxygen atoms in total. The minimum Gasteiger partial charge on any atom is -0.336 e. The van der Waals surface area contributed by atoms with Crippen molar-refractivity contribution >= 4 is 44.9 Å². The number of nitrogens with zero attached hydrogens (tertiary/aromatic N) is 5. The minimum absolute atomic E-state index is 0.0339.